The summed E-state index contributed by atoms with van der Waals surface area (Å²) in [6, 6.07) is -0.525. The van der Waals surface area contributed by atoms with Gasteiger partial charge in [0.1, 0.15) is 6.04 Å². The van der Waals surface area contributed by atoms with E-state index in [1.165, 1.54) is 0 Å². The fourth-order valence-corrected chi connectivity index (χ4v) is 0.827. The molecule has 0 aromatic heterocycles. The number of hydrogen-bond acceptors (Lipinski definition) is 3. The van der Waals surface area contributed by atoms with E-state index in [0.717, 1.165) is 0 Å². The summed E-state index contributed by atoms with van der Waals surface area (Å²) in [4.78, 5) is 22.9. The van der Waals surface area contributed by atoms with Crippen LogP contribution in [0, 0.1) is 5.41 Å². The van der Waals surface area contributed by atoms with Gasteiger partial charge in [-0.3, -0.25) is 9.59 Å². The summed E-state index contributed by atoms with van der Waals surface area (Å²) in [5, 5.41) is 5.25. The van der Waals surface area contributed by atoms with E-state index in [4.69, 9.17) is 5.73 Å². The van der Waals surface area contributed by atoms with Gasteiger partial charge in [-0.05, 0) is 6.92 Å². The monoisotopic (exact) mass is 251 g/mol. The molecule has 2 amide bonds. The van der Waals surface area contributed by atoms with Gasteiger partial charge in [-0.2, -0.15) is 0 Å². The third-order valence-electron chi connectivity index (χ3n) is 1.87. The van der Waals surface area contributed by atoms with Crippen LogP contribution in [0.1, 0.15) is 27.7 Å². The van der Waals surface area contributed by atoms with Gasteiger partial charge in [0.2, 0.25) is 11.8 Å². The van der Waals surface area contributed by atoms with Gasteiger partial charge in [-0.25, -0.2) is 0 Å². The lowest BCUT2D eigenvalue weighted by Gasteiger charge is -2.21. The molecule has 0 spiro atoms. The number of amides is 2. The molecule has 0 aliphatic heterocycles. The maximum absolute atomic E-state index is 11.5. The van der Waals surface area contributed by atoms with Crippen molar-refractivity contribution in [3.8, 4) is 0 Å². The first-order chi connectivity index (χ1) is 6.79. The van der Waals surface area contributed by atoms with Gasteiger partial charge in [0.25, 0.3) is 0 Å². The molecule has 16 heavy (non-hydrogen) atoms. The molecule has 1 unspecified atom stereocenters. The Morgan fingerprint density at radius 1 is 1.31 bits per heavy atom. The molecule has 0 aromatic rings. The van der Waals surface area contributed by atoms with Crippen LogP contribution in [0.3, 0.4) is 0 Å². The number of carbonyl (C=O) groups is 2. The number of hydrogen-bond donors (Lipinski definition) is 3. The molecular formula is C10H22ClN3O2. The maximum atomic E-state index is 11.5. The van der Waals surface area contributed by atoms with E-state index in [1.54, 1.807) is 27.7 Å². The average Bonchev–Trinajstić information content (AvgIpc) is 2.12. The van der Waals surface area contributed by atoms with E-state index in [1.807, 2.05) is 0 Å². The van der Waals surface area contributed by atoms with Crippen molar-refractivity contribution in [2.24, 2.45) is 11.1 Å². The van der Waals surface area contributed by atoms with Crippen LogP contribution >= 0.6 is 12.4 Å². The van der Waals surface area contributed by atoms with Crippen LogP contribution in [0.5, 0.6) is 0 Å². The minimum Gasteiger partial charge on any atom is -0.353 e. The zero-order chi connectivity index (χ0) is 12.1. The smallest absolute Gasteiger partial charge is 0.242 e. The molecule has 0 saturated carbocycles. The van der Waals surface area contributed by atoms with Crippen LogP contribution < -0.4 is 16.4 Å². The topological polar surface area (TPSA) is 84.2 Å². The summed E-state index contributed by atoms with van der Waals surface area (Å²) in [6.45, 7) is 7.86. The second kappa shape index (κ2) is 7.46. The zero-order valence-corrected chi connectivity index (χ0v) is 11.1. The Balaban J connectivity index is 0. The van der Waals surface area contributed by atoms with Gasteiger partial charge in [-0.1, -0.05) is 20.8 Å². The maximum Gasteiger partial charge on any atom is 0.242 e. The molecule has 0 aliphatic carbocycles. The highest BCUT2D eigenvalue weighted by atomic mass is 35.5. The first kappa shape index (κ1) is 17.6. The summed E-state index contributed by atoms with van der Waals surface area (Å²) in [5.41, 5.74) is 4.76. The minimum absolute atomic E-state index is 0. The molecule has 0 rings (SSSR count). The highest BCUT2D eigenvalue weighted by Crippen LogP contribution is 2.12. The minimum atomic E-state index is -0.525. The molecular weight excluding hydrogens is 230 g/mol. The molecule has 0 bridgehead atoms. The normalized spacial score (nSPS) is 12.3. The largest absolute Gasteiger partial charge is 0.353 e. The molecule has 4 N–H and O–H groups in total. The van der Waals surface area contributed by atoms with Crippen molar-refractivity contribution in [1.82, 2.24) is 10.6 Å². The summed E-state index contributed by atoms with van der Waals surface area (Å²) >= 11 is 0. The zero-order valence-electron chi connectivity index (χ0n) is 10.3. The Hall–Kier alpha value is -0.810. The van der Waals surface area contributed by atoms with E-state index in [9.17, 15) is 9.59 Å². The lowest BCUT2D eigenvalue weighted by atomic mass is 9.95. The SMILES string of the molecule is CC(NC(=O)C(C)(C)C)C(=O)NCCN.Cl. The highest BCUT2D eigenvalue weighted by molar-refractivity contribution is 5.89. The lowest BCUT2D eigenvalue weighted by molar-refractivity contribution is -0.133. The first-order valence-corrected chi connectivity index (χ1v) is 5.07. The number of halogens is 1. The fraction of sp³-hybridized carbons (Fsp3) is 0.800. The lowest BCUT2D eigenvalue weighted by Crippen LogP contribution is -2.48. The van der Waals surface area contributed by atoms with Crippen molar-refractivity contribution in [2.75, 3.05) is 13.1 Å². The number of nitrogens with two attached hydrogens (primary N) is 1. The molecule has 0 aromatic carbocycles. The van der Waals surface area contributed by atoms with E-state index in [0.29, 0.717) is 13.1 Å². The van der Waals surface area contributed by atoms with Crippen molar-refractivity contribution in [3.05, 3.63) is 0 Å². The molecule has 5 nitrogen and oxygen atoms in total. The molecule has 0 fully saturated rings. The highest BCUT2D eigenvalue weighted by Gasteiger charge is 2.24. The summed E-state index contributed by atoms with van der Waals surface area (Å²) in [7, 11) is 0. The van der Waals surface area contributed by atoms with Crippen LogP contribution in [-0.4, -0.2) is 30.9 Å². The van der Waals surface area contributed by atoms with Crippen LogP contribution in [0.25, 0.3) is 0 Å². The van der Waals surface area contributed by atoms with Gasteiger partial charge in [0, 0.05) is 18.5 Å². The Morgan fingerprint density at radius 2 is 1.81 bits per heavy atom. The Kier molecular flexibility index (Phi) is 8.20. The van der Waals surface area contributed by atoms with Crippen LogP contribution in [0.15, 0.2) is 0 Å². The number of rotatable bonds is 4. The van der Waals surface area contributed by atoms with Gasteiger partial charge in [-0.15, -0.1) is 12.4 Å². The van der Waals surface area contributed by atoms with Crippen molar-refractivity contribution in [3.63, 3.8) is 0 Å². The molecule has 0 radical (unpaired) electrons. The molecule has 0 aliphatic rings. The van der Waals surface area contributed by atoms with E-state index in [2.05, 4.69) is 10.6 Å². The fourth-order valence-electron chi connectivity index (χ4n) is 0.827. The Bertz CT molecular complexity index is 239. The van der Waals surface area contributed by atoms with E-state index >= 15 is 0 Å². The molecule has 96 valence electrons. The first-order valence-electron chi connectivity index (χ1n) is 5.07. The summed E-state index contributed by atoms with van der Waals surface area (Å²) in [5.74, 6) is -0.351. The van der Waals surface area contributed by atoms with E-state index < -0.39 is 11.5 Å². The van der Waals surface area contributed by atoms with Crippen molar-refractivity contribution in [1.29, 1.82) is 0 Å². The molecule has 0 saturated heterocycles. The Labute approximate surface area is 103 Å². The van der Waals surface area contributed by atoms with Crippen molar-refractivity contribution < 1.29 is 9.59 Å². The second-order valence-corrected chi connectivity index (χ2v) is 4.52. The summed E-state index contributed by atoms with van der Waals surface area (Å²) < 4.78 is 0. The second-order valence-electron chi connectivity index (χ2n) is 4.52. The number of nitrogens with one attached hydrogen (secondary N) is 2. The third-order valence-corrected chi connectivity index (χ3v) is 1.87. The standard InChI is InChI=1S/C10H21N3O2.ClH/c1-7(8(14)12-6-5-11)13-9(15)10(2,3)4;/h7H,5-6,11H2,1-4H3,(H,12,14)(H,13,15);1H. The van der Waals surface area contributed by atoms with Crippen LogP contribution in [0.2, 0.25) is 0 Å². The van der Waals surface area contributed by atoms with Crippen LogP contribution in [-0.2, 0) is 9.59 Å². The Morgan fingerprint density at radius 3 is 2.19 bits per heavy atom. The summed E-state index contributed by atoms with van der Waals surface area (Å²) in [6.07, 6.45) is 0. The molecule has 6 heteroatoms. The van der Waals surface area contributed by atoms with Crippen molar-refractivity contribution >= 4 is 24.2 Å². The quantitative estimate of drug-likeness (QED) is 0.659. The molecule has 1 atom stereocenters. The predicted molar refractivity (Wildman–Crippen MR) is 66.4 cm³/mol. The predicted octanol–water partition coefficient (Wildman–Crippen LogP) is 0.0339. The van der Waals surface area contributed by atoms with Crippen LogP contribution in [0.4, 0.5) is 0 Å². The molecule has 0 heterocycles. The van der Waals surface area contributed by atoms with Crippen molar-refractivity contribution in [2.45, 2.75) is 33.7 Å². The van der Waals surface area contributed by atoms with E-state index in [-0.39, 0.29) is 24.2 Å². The average molecular weight is 252 g/mol. The number of carbonyl (C=O) groups excluding carboxylic acids is 2. The van der Waals surface area contributed by atoms with Gasteiger partial charge in [0.15, 0.2) is 0 Å². The van der Waals surface area contributed by atoms with Gasteiger partial charge >= 0.3 is 0 Å². The van der Waals surface area contributed by atoms with Gasteiger partial charge < -0.3 is 16.4 Å². The third kappa shape index (κ3) is 6.63. The van der Waals surface area contributed by atoms with Gasteiger partial charge in [0.05, 0.1) is 0 Å².